The number of hydrogen-bond donors (Lipinski definition) is 1. The van der Waals surface area contributed by atoms with Crippen molar-refractivity contribution in [3.05, 3.63) is 45.9 Å². The SMILES string of the molecule is CCC(=CCn1cc(C(F)(F)F)ccc1=O)C(=O)O. The summed E-state index contributed by atoms with van der Waals surface area (Å²) in [5, 5.41) is 8.77. The van der Waals surface area contributed by atoms with Gasteiger partial charge in [0.25, 0.3) is 5.56 Å². The Hall–Kier alpha value is -2.05. The first-order valence-corrected chi connectivity index (χ1v) is 5.45. The fraction of sp³-hybridized carbons (Fsp3) is 0.333. The van der Waals surface area contributed by atoms with Crippen molar-refractivity contribution in [3.63, 3.8) is 0 Å². The van der Waals surface area contributed by atoms with Gasteiger partial charge in [0, 0.05) is 24.4 Å². The molecule has 0 atom stereocenters. The molecule has 0 radical (unpaired) electrons. The number of aromatic nitrogens is 1. The van der Waals surface area contributed by atoms with Gasteiger partial charge in [0.15, 0.2) is 0 Å². The Bertz CT molecular complexity index is 558. The van der Waals surface area contributed by atoms with Crippen LogP contribution in [-0.2, 0) is 17.5 Å². The molecule has 19 heavy (non-hydrogen) atoms. The van der Waals surface area contributed by atoms with Crippen LogP contribution in [0.5, 0.6) is 0 Å². The molecule has 1 N–H and O–H groups in total. The van der Waals surface area contributed by atoms with Crippen LogP contribution in [0.15, 0.2) is 34.8 Å². The molecule has 4 nitrogen and oxygen atoms in total. The van der Waals surface area contributed by atoms with Crippen molar-refractivity contribution in [2.45, 2.75) is 26.1 Å². The molecule has 1 aromatic heterocycles. The number of carboxylic acid groups (broad SMARTS) is 1. The lowest BCUT2D eigenvalue weighted by Crippen LogP contribution is -2.21. The quantitative estimate of drug-likeness (QED) is 0.858. The average molecular weight is 275 g/mol. The summed E-state index contributed by atoms with van der Waals surface area (Å²) in [6, 6.07) is 1.50. The summed E-state index contributed by atoms with van der Waals surface area (Å²) in [6.45, 7) is 1.40. The first kappa shape index (κ1) is 15.0. The van der Waals surface area contributed by atoms with Gasteiger partial charge >= 0.3 is 12.1 Å². The van der Waals surface area contributed by atoms with Crippen molar-refractivity contribution in [2.24, 2.45) is 0 Å². The molecule has 0 aromatic carbocycles. The molecule has 0 bridgehead atoms. The van der Waals surface area contributed by atoms with Crippen LogP contribution in [0.25, 0.3) is 0 Å². The zero-order valence-electron chi connectivity index (χ0n) is 10.1. The van der Waals surface area contributed by atoms with Gasteiger partial charge in [-0.25, -0.2) is 4.79 Å². The van der Waals surface area contributed by atoms with E-state index in [0.717, 1.165) is 10.6 Å². The number of carbonyl (C=O) groups is 1. The van der Waals surface area contributed by atoms with E-state index in [0.29, 0.717) is 12.3 Å². The van der Waals surface area contributed by atoms with E-state index >= 15 is 0 Å². The second-order valence-electron chi connectivity index (χ2n) is 3.79. The van der Waals surface area contributed by atoms with Gasteiger partial charge in [-0.3, -0.25) is 4.79 Å². The number of halogens is 3. The molecule has 0 aliphatic rings. The smallest absolute Gasteiger partial charge is 0.417 e. The molecule has 0 aliphatic heterocycles. The van der Waals surface area contributed by atoms with E-state index in [9.17, 15) is 22.8 Å². The average Bonchev–Trinajstić information content (AvgIpc) is 2.30. The van der Waals surface area contributed by atoms with E-state index in [1.807, 2.05) is 0 Å². The number of rotatable bonds is 4. The Kier molecular flexibility index (Phi) is 4.52. The Morgan fingerprint density at radius 3 is 2.53 bits per heavy atom. The van der Waals surface area contributed by atoms with Crippen molar-refractivity contribution in [1.82, 2.24) is 4.57 Å². The first-order chi connectivity index (χ1) is 8.75. The highest BCUT2D eigenvalue weighted by Gasteiger charge is 2.30. The summed E-state index contributed by atoms with van der Waals surface area (Å²) in [5.74, 6) is -1.15. The molecule has 104 valence electrons. The van der Waals surface area contributed by atoms with Gasteiger partial charge < -0.3 is 9.67 Å². The van der Waals surface area contributed by atoms with E-state index in [4.69, 9.17) is 5.11 Å². The molecule has 0 aliphatic carbocycles. The number of pyridine rings is 1. The first-order valence-electron chi connectivity index (χ1n) is 5.45. The van der Waals surface area contributed by atoms with Gasteiger partial charge in [0.2, 0.25) is 0 Å². The van der Waals surface area contributed by atoms with Crippen LogP contribution in [0.2, 0.25) is 0 Å². The number of aliphatic carboxylic acids is 1. The fourth-order valence-corrected chi connectivity index (χ4v) is 1.43. The van der Waals surface area contributed by atoms with Gasteiger partial charge in [0.1, 0.15) is 0 Å². The molecule has 0 fully saturated rings. The highest BCUT2D eigenvalue weighted by atomic mass is 19.4. The summed E-state index contributed by atoms with van der Waals surface area (Å²) in [4.78, 5) is 22.1. The minimum absolute atomic E-state index is 0.0457. The van der Waals surface area contributed by atoms with Crippen LogP contribution in [0.1, 0.15) is 18.9 Å². The van der Waals surface area contributed by atoms with Crippen LogP contribution in [0.4, 0.5) is 13.2 Å². The molecule has 0 unspecified atom stereocenters. The number of nitrogens with zero attached hydrogens (tertiary/aromatic N) is 1. The zero-order valence-corrected chi connectivity index (χ0v) is 10.1. The lowest BCUT2D eigenvalue weighted by atomic mass is 10.2. The monoisotopic (exact) mass is 275 g/mol. The van der Waals surface area contributed by atoms with Crippen LogP contribution in [-0.4, -0.2) is 15.6 Å². The third kappa shape index (κ3) is 3.97. The Morgan fingerprint density at radius 1 is 1.42 bits per heavy atom. The van der Waals surface area contributed by atoms with Crippen molar-refractivity contribution in [3.8, 4) is 0 Å². The summed E-state index contributed by atoms with van der Waals surface area (Å²) >= 11 is 0. The molecule has 0 spiro atoms. The number of carboxylic acids is 1. The van der Waals surface area contributed by atoms with Crippen LogP contribution >= 0.6 is 0 Å². The minimum atomic E-state index is -4.54. The zero-order chi connectivity index (χ0) is 14.6. The standard InChI is InChI=1S/C12H12F3NO3/c1-2-8(11(18)19)5-6-16-7-9(12(13,14)15)3-4-10(16)17/h3-5,7H,2,6H2,1H3,(H,18,19). The van der Waals surface area contributed by atoms with Gasteiger partial charge in [-0.2, -0.15) is 13.2 Å². The minimum Gasteiger partial charge on any atom is -0.478 e. The van der Waals surface area contributed by atoms with Gasteiger partial charge in [0.05, 0.1) is 5.56 Å². The van der Waals surface area contributed by atoms with E-state index in [2.05, 4.69) is 0 Å². The number of hydrogen-bond acceptors (Lipinski definition) is 2. The van der Waals surface area contributed by atoms with Crippen molar-refractivity contribution in [2.75, 3.05) is 0 Å². The summed E-state index contributed by atoms with van der Waals surface area (Å²) in [5.41, 5.74) is -1.52. The van der Waals surface area contributed by atoms with E-state index in [1.165, 1.54) is 6.08 Å². The highest BCUT2D eigenvalue weighted by Crippen LogP contribution is 2.27. The largest absolute Gasteiger partial charge is 0.478 e. The molecule has 0 saturated carbocycles. The Labute approximate surface area is 106 Å². The maximum Gasteiger partial charge on any atom is 0.417 e. The lowest BCUT2D eigenvalue weighted by Gasteiger charge is -2.09. The fourth-order valence-electron chi connectivity index (χ4n) is 1.43. The maximum atomic E-state index is 12.5. The molecular weight excluding hydrogens is 263 g/mol. The van der Waals surface area contributed by atoms with Crippen LogP contribution < -0.4 is 5.56 Å². The molecule has 1 aromatic rings. The lowest BCUT2D eigenvalue weighted by molar-refractivity contribution is -0.138. The Balaban J connectivity index is 3.08. The summed E-state index contributed by atoms with van der Waals surface area (Å²) < 4.78 is 38.2. The summed E-state index contributed by atoms with van der Waals surface area (Å²) in [7, 11) is 0. The third-order valence-corrected chi connectivity index (χ3v) is 2.50. The molecule has 1 rings (SSSR count). The van der Waals surface area contributed by atoms with Crippen molar-refractivity contribution < 1.29 is 23.1 Å². The topological polar surface area (TPSA) is 59.3 Å². The predicted octanol–water partition coefficient (Wildman–Crippen LogP) is 2.29. The van der Waals surface area contributed by atoms with Gasteiger partial charge in [-0.1, -0.05) is 13.0 Å². The molecular formula is C12H12F3NO3. The van der Waals surface area contributed by atoms with Crippen molar-refractivity contribution >= 4 is 5.97 Å². The van der Waals surface area contributed by atoms with Crippen LogP contribution in [0.3, 0.4) is 0 Å². The summed E-state index contributed by atoms with van der Waals surface area (Å²) in [6.07, 6.45) is -2.42. The second-order valence-corrected chi connectivity index (χ2v) is 3.79. The molecule has 1 heterocycles. The maximum absolute atomic E-state index is 12.5. The predicted molar refractivity (Wildman–Crippen MR) is 61.7 cm³/mol. The third-order valence-electron chi connectivity index (χ3n) is 2.50. The van der Waals surface area contributed by atoms with Crippen molar-refractivity contribution in [1.29, 1.82) is 0 Å². The highest BCUT2D eigenvalue weighted by molar-refractivity contribution is 5.86. The van der Waals surface area contributed by atoms with Gasteiger partial charge in [-0.15, -0.1) is 0 Å². The molecule has 0 amide bonds. The van der Waals surface area contributed by atoms with Gasteiger partial charge in [-0.05, 0) is 12.5 Å². The van der Waals surface area contributed by atoms with Crippen LogP contribution in [0, 0.1) is 0 Å². The van der Waals surface area contributed by atoms with E-state index in [1.54, 1.807) is 6.92 Å². The second kappa shape index (κ2) is 5.73. The number of alkyl halides is 3. The molecule has 0 saturated heterocycles. The molecule has 7 heteroatoms. The Morgan fingerprint density at radius 2 is 2.05 bits per heavy atom. The number of allylic oxidation sites excluding steroid dienone is 1. The normalized spacial score (nSPS) is 12.5. The van der Waals surface area contributed by atoms with E-state index in [-0.39, 0.29) is 18.5 Å². The van der Waals surface area contributed by atoms with E-state index < -0.39 is 23.3 Å².